The smallest absolute Gasteiger partial charge is 0.163 e. The van der Waals surface area contributed by atoms with E-state index in [-0.39, 0.29) is 0 Å². The van der Waals surface area contributed by atoms with Gasteiger partial charge in [0.15, 0.2) is 5.82 Å². The molecule has 278 valence electrons. The van der Waals surface area contributed by atoms with Crippen molar-refractivity contribution in [1.29, 1.82) is 0 Å². The Balaban J connectivity index is 1.30. The molecule has 0 bridgehead atoms. The second-order valence-corrected chi connectivity index (χ2v) is 17.3. The van der Waals surface area contributed by atoms with Crippen molar-refractivity contribution >= 4 is 54.9 Å². The SMILES string of the molecule is C=Cc1c(/C=C\C)n(-c2cc(-n3c4ccccc4c4ccccc43)nc(-c3cccc(S(c4ccccc4)(c4ccccc4)c4ccccc4)c3)n2)c2ccccc12. The molecule has 0 saturated heterocycles. The van der Waals surface area contributed by atoms with Gasteiger partial charge in [-0.2, -0.15) is 0 Å². The van der Waals surface area contributed by atoms with Crippen LogP contribution in [-0.4, -0.2) is 19.1 Å². The van der Waals surface area contributed by atoms with Gasteiger partial charge in [-0.1, -0.05) is 140 Å². The van der Waals surface area contributed by atoms with E-state index in [0.717, 1.165) is 50.4 Å². The first-order valence-corrected chi connectivity index (χ1v) is 21.2. The topological polar surface area (TPSA) is 35.6 Å². The van der Waals surface area contributed by atoms with Crippen molar-refractivity contribution in [1.82, 2.24) is 19.1 Å². The molecule has 10 aromatic rings. The molecule has 0 N–H and O–H groups in total. The summed E-state index contributed by atoms with van der Waals surface area (Å²) in [4.78, 5) is 16.0. The molecule has 0 spiro atoms. The van der Waals surface area contributed by atoms with Crippen LogP contribution in [0.15, 0.2) is 226 Å². The third-order valence-corrected chi connectivity index (χ3v) is 14.9. The van der Waals surface area contributed by atoms with Gasteiger partial charge in [0, 0.05) is 52.9 Å². The Hall–Kier alpha value is -7.21. The molecule has 0 atom stereocenters. The highest BCUT2D eigenvalue weighted by Gasteiger charge is 2.33. The lowest BCUT2D eigenvalue weighted by Crippen LogP contribution is -2.08. The molecule has 0 aliphatic heterocycles. The van der Waals surface area contributed by atoms with Crippen molar-refractivity contribution in [3.63, 3.8) is 0 Å². The summed E-state index contributed by atoms with van der Waals surface area (Å²) in [5.74, 6) is 2.21. The first-order valence-electron chi connectivity index (χ1n) is 19.6. The molecule has 7 aromatic carbocycles. The predicted molar refractivity (Wildman–Crippen MR) is 243 cm³/mol. The van der Waals surface area contributed by atoms with E-state index in [1.165, 1.54) is 30.4 Å². The Labute approximate surface area is 340 Å². The van der Waals surface area contributed by atoms with Gasteiger partial charge in [-0.15, -0.1) is 10.0 Å². The average Bonchev–Trinajstić information content (AvgIpc) is 3.80. The molecule has 0 fully saturated rings. The number of hydrogen-bond acceptors (Lipinski definition) is 2. The minimum absolute atomic E-state index is 0.642. The number of hydrogen-bond donors (Lipinski definition) is 0. The van der Waals surface area contributed by atoms with Crippen LogP contribution in [0, 0.1) is 0 Å². The van der Waals surface area contributed by atoms with Crippen LogP contribution in [-0.2, 0) is 0 Å². The summed E-state index contributed by atoms with van der Waals surface area (Å²) in [6, 6.07) is 69.6. The zero-order chi connectivity index (χ0) is 39.1. The first-order chi connectivity index (χ1) is 28.7. The fraction of sp³-hybridized carbons (Fsp3) is 0.0189. The highest BCUT2D eigenvalue weighted by Crippen LogP contribution is 2.73. The summed E-state index contributed by atoms with van der Waals surface area (Å²) in [5.41, 5.74) is 6.26. The van der Waals surface area contributed by atoms with Gasteiger partial charge >= 0.3 is 0 Å². The van der Waals surface area contributed by atoms with E-state index < -0.39 is 10.0 Å². The van der Waals surface area contributed by atoms with E-state index in [2.05, 4.69) is 229 Å². The van der Waals surface area contributed by atoms with E-state index in [1.807, 2.05) is 6.08 Å². The Morgan fingerprint density at radius 2 is 0.914 bits per heavy atom. The number of allylic oxidation sites excluding steroid dienone is 1. The van der Waals surface area contributed by atoms with Gasteiger partial charge in [0.05, 0.1) is 22.2 Å². The summed E-state index contributed by atoms with van der Waals surface area (Å²) in [5, 5.41) is 3.48. The number of fused-ring (bicyclic) bond motifs is 4. The van der Waals surface area contributed by atoms with Gasteiger partial charge in [0.1, 0.15) is 11.6 Å². The molecule has 0 radical (unpaired) electrons. The van der Waals surface area contributed by atoms with Crippen molar-refractivity contribution in [2.75, 3.05) is 0 Å². The zero-order valence-electron chi connectivity index (χ0n) is 32.1. The lowest BCUT2D eigenvalue weighted by Gasteiger charge is -2.42. The molecule has 10 rings (SSSR count). The Morgan fingerprint density at radius 1 is 0.466 bits per heavy atom. The third-order valence-electron chi connectivity index (χ3n) is 11.0. The van der Waals surface area contributed by atoms with Gasteiger partial charge in [-0.25, -0.2) is 9.97 Å². The number of benzene rings is 7. The highest BCUT2D eigenvalue weighted by molar-refractivity contribution is 8.34. The number of rotatable bonds is 9. The monoisotopic (exact) mass is 764 g/mol. The highest BCUT2D eigenvalue weighted by atomic mass is 32.3. The van der Waals surface area contributed by atoms with Gasteiger partial charge < -0.3 is 0 Å². The fourth-order valence-corrected chi connectivity index (χ4v) is 12.4. The van der Waals surface area contributed by atoms with Crippen molar-refractivity contribution in [2.45, 2.75) is 26.5 Å². The van der Waals surface area contributed by atoms with Crippen LogP contribution in [0.1, 0.15) is 18.2 Å². The maximum Gasteiger partial charge on any atom is 0.163 e. The predicted octanol–water partition coefficient (Wildman–Crippen LogP) is 14.2. The van der Waals surface area contributed by atoms with Crippen molar-refractivity contribution in [3.05, 3.63) is 218 Å². The van der Waals surface area contributed by atoms with E-state index in [1.54, 1.807) is 0 Å². The summed E-state index contributed by atoms with van der Waals surface area (Å²) >= 11 is 0. The van der Waals surface area contributed by atoms with E-state index in [0.29, 0.717) is 5.82 Å². The van der Waals surface area contributed by atoms with Crippen LogP contribution < -0.4 is 0 Å². The Morgan fingerprint density at radius 3 is 1.43 bits per heavy atom. The van der Waals surface area contributed by atoms with E-state index >= 15 is 0 Å². The van der Waals surface area contributed by atoms with Crippen LogP contribution in [0.25, 0.3) is 67.9 Å². The van der Waals surface area contributed by atoms with Gasteiger partial charge in [-0.3, -0.25) is 9.13 Å². The van der Waals surface area contributed by atoms with Crippen molar-refractivity contribution in [3.8, 4) is 23.0 Å². The summed E-state index contributed by atoms with van der Waals surface area (Å²) in [7, 11) is -1.94. The molecule has 0 aliphatic carbocycles. The summed E-state index contributed by atoms with van der Waals surface area (Å²) in [6.07, 6.45) is 6.18. The molecule has 0 aliphatic rings. The standard InChI is InChI=1S/C53H40N4S/c1-3-21-47-43(4-2)44-30-14-17-33-48(44)56(47)51-37-52(57-49-34-18-15-31-45(49)46-32-16-19-35-50(46)57)55-53(54-51)38-22-20-29-42(36-38)58(39-23-8-5-9-24-39,40-25-10-6-11-26-40)41-27-12-7-13-28-41/h3-37H,2H2,1H3/b21-3-. The van der Waals surface area contributed by atoms with Crippen LogP contribution in [0.3, 0.4) is 0 Å². The van der Waals surface area contributed by atoms with Gasteiger partial charge in [0.25, 0.3) is 0 Å². The number of aromatic nitrogens is 4. The maximum absolute atomic E-state index is 5.51. The number of nitrogens with zero attached hydrogens (tertiary/aromatic N) is 4. The Bertz CT molecular complexity index is 2990. The molecule has 0 saturated carbocycles. The van der Waals surface area contributed by atoms with Crippen LogP contribution in [0.4, 0.5) is 0 Å². The molecular formula is C53H40N4S. The largest absolute Gasteiger partial charge is 0.294 e. The van der Waals surface area contributed by atoms with Gasteiger partial charge in [-0.05, 0) is 79.7 Å². The molecular weight excluding hydrogens is 725 g/mol. The van der Waals surface area contributed by atoms with Crippen molar-refractivity contribution in [2.24, 2.45) is 0 Å². The third kappa shape index (κ3) is 5.62. The minimum Gasteiger partial charge on any atom is -0.294 e. The molecule has 3 heterocycles. The molecule has 0 unspecified atom stereocenters. The lowest BCUT2D eigenvalue weighted by atomic mass is 10.1. The van der Waals surface area contributed by atoms with Crippen LogP contribution in [0.2, 0.25) is 0 Å². The van der Waals surface area contributed by atoms with Crippen molar-refractivity contribution < 1.29 is 0 Å². The van der Waals surface area contributed by atoms with Gasteiger partial charge in [0.2, 0.25) is 0 Å². The lowest BCUT2D eigenvalue weighted by molar-refractivity contribution is 0.971. The zero-order valence-corrected chi connectivity index (χ0v) is 32.9. The quantitative estimate of drug-likeness (QED) is 0.147. The van der Waals surface area contributed by atoms with Crippen LogP contribution >= 0.6 is 10.0 Å². The maximum atomic E-state index is 5.51. The molecule has 5 heteroatoms. The normalized spacial score (nSPS) is 12.2. The van der Waals surface area contributed by atoms with E-state index in [4.69, 9.17) is 9.97 Å². The molecule has 3 aromatic heterocycles. The second kappa shape index (κ2) is 14.7. The summed E-state index contributed by atoms with van der Waals surface area (Å²) in [6.45, 7) is 6.30. The van der Waals surface area contributed by atoms with Crippen LogP contribution in [0.5, 0.6) is 0 Å². The fourth-order valence-electron chi connectivity index (χ4n) is 8.53. The second-order valence-electron chi connectivity index (χ2n) is 14.2. The summed E-state index contributed by atoms with van der Waals surface area (Å²) < 4.78 is 4.54. The Kier molecular flexibility index (Phi) is 8.93. The minimum atomic E-state index is -1.94. The average molecular weight is 765 g/mol. The van der Waals surface area contributed by atoms with E-state index in [9.17, 15) is 0 Å². The number of para-hydroxylation sites is 3. The molecule has 4 nitrogen and oxygen atoms in total. The molecule has 58 heavy (non-hydrogen) atoms. The molecule has 0 amide bonds. The first kappa shape index (κ1) is 35.2.